The third-order valence-corrected chi connectivity index (χ3v) is 6.94. The second kappa shape index (κ2) is 8.66. The number of ether oxygens (including phenoxy) is 3. The number of hydrogen-bond donors (Lipinski definition) is 1. The summed E-state index contributed by atoms with van der Waals surface area (Å²) in [6, 6.07) is 11.2. The Hall–Kier alpha value is -2.95. The molecule has 0 aliphatic carbocycles. The predicted octanol–water partition coefficient (Wildman–Crippen LogP) is 1.01. The summed E-state index contributed by atoms with van der Waals surface area (Å²) >= 11 is 0. The number of ketones is 1. The standard InChI is InChI=1S/C21H21NO8S/c23-15-10-17(21(25)30-13-18(24)14-4-2-1-3-5-14)22(12-15)31(26,27)16-6-7-19-20(11-16)29-9-8-28-19/h1-7,11,15,17,23H,8-10,12-13H2/t15?,17-/m0/s1. The van der Waals surface area contributed by atoms with Crippen molar-refractivity contribution in [1.29, 1.82) is 0 Å². The zero-order valence-electron chi connectivity index (χ0n) is 16.5. The van der Waals surface area contributed by atoms with E-state index in [1.807, 2.05) is 0 Å². The van der Waals surface area contributed by atoms with Crippen LogP contribution < -0.4 is 9.47 Å². The van der Waals surface area contributed by atoms with Crippen molar-refractivity contribution < 1.29 is 37.3 Å². The van der Waals surface area contributed by atoms with E-state index in [9.17, 15) is 23.1 Å². The molecule has 1 unspecified atom stereocenters. The van der Waals surface area contributed by atoms with Gasteiger partial charge in [-0.1, -0.05) is 30.3 Å². The molecule has 0 radical (unpaired) electrons. The van der Waals surface area contributed by atoms with Gasteiger partial charge in [-0.05, 0) is 12.1 Å². The van der Waals surface area contributed by atoms with E-state index in [4.69, 9.17) is 14.2 Å². The van der Waals surface area contributed by atoms with Gasteiger partial charge in [0, 0.05) is 24.6 Å². The Kier molecular flexibility index (Phi) is 5.94. The summed E-state index contributed by atoms with van der Waals surface area (Å²) < 4.78 is 43.2. The monoisotopic (exact) mass is 447 g/mol. The van der Waals surface area contributed by atoms with Crippen LogP contribution in [0.5, 0.6) is 11.5 Å². The number of carbonyl (C=O) groups is 2. The second-order valence-corrected chi connectivity index (χ2v) is 9.07. The first kappa shape index (κ1) is 21.3. The maximum absolute atomic E-state index is 13.2. The van der Waals surface area contributed by atoms with Crippen molar-refractivity contribution in [2.45, 2.75) is 23.5 Å². The van der Waals surface area contributed by atoms with E-state index in [0.29, 0.717) is 30.3 Å². The summed E-state index contributed by atoms with van der Waals surface area (Å²) in [4.78, 5) is 24.7. The van der Waals surface area contributed by atoms with E-state index in [1.165, 1.54) is 18.2 Å². The number of Topliss-reactive ketones (excluding diaryl/α,β-unsaturated/α-hetero) is 1. The van der Waals surface area contributed by atoms with Crippen LogP contribution in [0.15, 0.2) is 53.4 Å². The van der Waals surface area contributed by atoms with Gasteiger partial charge in [-0.2, -0.15) is 4.31 Å². The SMILES string of the molecule is O=C(COC(=O)[C@@H]1CC(O)CN1S(=O)(=O)c1ccc2c(c1)OCCO2)c1ccccc1. The second-order valence-electron chi connectivity index (χ2n) is 7.18. The van der Waals surface area contributed by atoms with E-state index in [-0.39, 0.29) is 17.9 Å². The highest BCUT2D eigenvalue weighted by Crippen LogP contribution is 2.35. The molecule has 31 heavy (non-hydrogen) atoms. The summed E-state index contributed by atoms with van der Waals surface area (Å²) in [5.41, 5.74) is 0.377. The van der Waals surface area contributed by atoms with Gasteiger partial charge >= 0.3 is 5.97 Å². The average Bonchev–Trinajstić information content (AvgIpc) is 3.20. The Bertz CT molecular complexity index is 1090. The molecule has 2 aliphatic rings. The largest absolute Gasteiger partial charge is 0.486 e. The molecule has 2 aromatic rings. The first-order valence-electron chi connectivity index (χ1n) is 9.70. The van der Waals surface area contributed by atoms with Crippen molar-refractivity contribution in [3.63, 3.8) is 0 Å². The maximum Gasteiger partial charge on any atom is 0.325 e. The number of aliphatic hydroxyl groups excluding tert-OH is 1. The maximum atomic E-state index is 13.2. The van der Waals surface area contributed by atoms with Crippen LogP contribution in [0, 0.1) is 0 Å². The van der Waals surface area contributed by atoms with Gasteiger partial charge < -0.3 is 19.3 Å². The Morgan fingerprint density at radius 1 is 1.06 bits per heavy atom. The van der Waals surface area contributed by atoms with Gasteiger partial charge in [0.25, 0.3) is 0 Å². The lowest BCUT2D eigenvalue weighted by Crippen LogP contribution is -2.42. The highest BCUT2D eigenvalue weighted by atomic mass is 32.2. The molecule has 4 rings (SSSR count). The minimum atomic E-state index is -4.14. The molecule has 10 heteroatoms. The molecule has 0 aromatic heterocycles. The van der Waals surface area contributed by atoms with Gasteiger partial charge in [0.2, 0.25) is 10.0 Å². The number of rotatable bonds is 6. The highest BCUT2D eigenvalue weighted by Gasteiger charge is 2.44. The van der Waals surface area contributed by atoms with Crippen LogP contribution in [0.2, 0.25) is 0 Å². The number of esters is 1. The lowest BCUT2D eigenvalue weighted by atomic mass is 10.1. The smallest absolute Gasteiger partial charge is 0.325 e. The molecule has 0 bridgehead atoms. The van der Waals surface area contributed by atoms with Crippen LogP contribution in [-0.4, -0.2) is 68.1 Å². The zero-order valence-corrected chi connectivity index (χ0v) is 17.3. The molecule has 1 N–H and O–H groups in total. The number of β-amino-alcohol motifs (C(OH)–C–C–N with tert-alkyl or cyclic N) is 1. The molecule has 164 valence electrons. The lowest BCUT2D eigenvalue weighted by Gasteiger charge is -2.24. The Labute approximate surface area is 179 Å². The van der Waals surface area contributed by atoms with Gasteiger partial charge in [0.05, 0.1) is 11.0 Å². The van der Waals surface area contributed by atoms with E-state index in [1.54, 1.807) is 30.3 Å². The third kappa shape index (κ3) is 4.41. The van der Waals surface area contributed by atoms with E-state index < -0.39 is 40.5 Å². The number of benzene rings is 2. The highest BCUT2D eigenvalue weighted by molar-refractivity contribution is 7.89. The van der Waals surface area contributed by atoms with E-state index in [0.717, 1.165) is 4.31 Å². The predicted molar refractivity (Wildman–Crippen MR) is 107 cm³/mol. The summed E-state index contributed by atoms with van der Waals surface area (Å²) in [6.45, 7) is -0.118. The lowest BCUT2D eigenvalue weighted by molar-refractivity contribution is -0.146. The number of fused-ring (bicyclic) bond motifs is 1. The van der Waals surface area contributed by atoms with Crippen LogP contribution in [0.4, 0.5) is 0 Å². The Morgan fingerprint density at radius 3 is 2.52 bits per heavy atom. The first-order valence-corrected chi connectivity index (χ1v) is 11.1. The normalized spacial score (nSPS) is 20.9. The van der Waals surface area contributed by atoms with E-state index in [2.05, 4.69) is 0 Å². The van der Waals surface area contributed by atoms with Crippen LogP contribution in [0.25, 0.3) is 0 Å². The number of carbonyl (C=O) groups excluding carboxylic acids is 2. The summed E-state index contributed by atoms with van der Waals surface area (Å²) in [7, 11) is -4.14. The van der Waals surface area contributed by atoms with Gasteiger partial charge in [-0.15, -0.1) is 0 Å². The molecule has 2 atom stereocenters. The fraction of sp³-hybridized carbons (Fsp3) is 0.333. The van der Waals surface area contributed by atoms with Crippen LogP contribution in [0.1, 0.15) is 16.8 Å². The molecule has 2 aromatic carbocycles. The molecule has 0 spiro atoms. The van der Waals surface area contributed by atoms with Crippen molar-refractivity contribution in [3.05, 3.63) is 54.1 Å². The number of aliphatic hydroxyl groups is 1. The number of sulfonamides is 1. The summed E-state index contributed by atoms with van der Waals surface area (Å²) in [5, 5.41) is 10.1. The third-order valence-electron chi connectivity index (χ3n) is 5.07. The fourth-order valence-electron chi connectivity index (χ4n) is 3.52. The molecule has 1 fully saturated rings. The van der Waals surface area contributed by atoms with Gasteiger partial charge in [0.1, 0.15) is 19.3 Å². The minimum absolute atomic E-state index is 0.0935. The topological polar surface area (TPSA) is 119 Å². The number of hydrogen-bond acceptors (Lipinski definition) is 8. The molecular weight excluding hydrogens is 426 g/mol. The molecule has 0 amide bonds. The summed E-state index contributed by atoms with van der Waals surface area (Å²) in [5.74, 6) is -0.572. The first-order chi connectivity index (χ1) is 14.9. The zero-order chi connectivity index (χ0) is 22.0. The number of nitrogens with zero attached hydrogens (tertiary/aromatic N) is 1. The molecule has 9 nitrogen and oxygen atoms in total. The van der Waals surface area contributed by atoms with E-state index >= 15 is 0 Å². The van der Waals surface area contributed by atoms with Crippen molar-refractivity contribution in [2.75, 3.05) is 26.4 Å². The summed E-state index contributed by atoms with van der Waals surface area (Å²) in [6.07, 6.45) is -1.16. The van der Waals surface area contributed by atoms with Crippen molar-refractivity contribution in [3.8, 4) is 11.5 Å². The van der Waals surface area contributed by atoms with Crippen molar-refractivity contribution in [2.24, 2.45) is 0 Å². The molecule has 1 saturated heterocycles. The van der Waals surface area contributed by atoms with Gasteiger partial charge in [-0.3, -0.25) is 9.59 Å². The molecule has 2 aliphatic heterocycles. The Morgan fingerprint density at radius 2 is 1.77 bits per heavy atom. The minimum Gasteiger partial charge on any atom is -0.486 e. The van der Waals surface area contributed by atoms with Gasteiger partial charge in [-0.25, -0.2) is 8.42 Å². The van der Waals surface area contributed by atoms with Crippen LogP contribution in [0.3, 0.4) is 0 Å². The quantitative estimate of drug-likeness (QED) is 0.515. The molecular formula is C21H21NO8S. The molecule has 0 saturated carbocycles. The average molecular weight is 447 g/mol. The van der Waals surface area contributed by atoms with Gasteiger partial charge in [0.15, 0.2) is 23.9 Å². The Balaban J connectivity index is 1.50. The van der Waals surface area contributed by atoms with Crippen molar-refractivity contribution in [1.82, 2.24) is 4.31 Å². The molecule has 2 heterocycles. The van der Waals surface area contributed by atoms with Crippen LogP contribution in [-0.2, 0) is 19.6 Å². The van der Waals surface area contributed by atoms with Crippen molar-refractivity contribution >= 4 is 21.8 Å². The van der Waals surface area contributed by atoms with Crippen LogP contribution >= 0.6 is 0 Å². The fourth-order valence-corrected chi connectivity index (χ4v) is 5.17.